The maximum Gasteiger partial charge on any atom is 0.0117 e. The van der Waals surface area contributed by atoms with E-state index < -0.39 is 0 Å². The van der Waals surface area contributed by atoms with Gasteiger partial charge in [0.1, 0.15) is 0 Å². The molecule has 0 aliphatic heterocycles. The molecule has 0 radical (unpaired) electrons. The van der Waals surface area contributed by atoms with E-state index in [-0.39, 0.29) is 0 Å². The Morgan fingerprint density at radius 2 is 1.76 bits per heavy atom. The SMILES string of the molecule is CNC(CCN(C)C)Cc1c(C)cccc1C. The minimum atomic E-state index is 0.567. The van der Waals surface area contributed by atoms with Crippen molar-refractivity contribution in [3.8, 4) is 0 Å². The molecule has 0 aromatic heterocycles. The van der Waals surface area contributed by atoms with Gasteiger partial charge in [0.15, 0.2) is 0 Å². The van der Waals surface area contributed by atoms with Crippen molar-refractivity contribution in [1.29, 1.82) is 0 Å². The number of hydrogen-bond donors (Lipinski definition) is 1. The maximum atomic E-state index is 3.43. The van der Waals surface area contributed by atoms with Gasteiger partial charge in [0.25, 0.3) is 0 Å². The normalized spacial score (nSPS) is 13.1. The van der Waals surface area contributed by atoms with Gasteiger partial charge >= 0.3 is 0 Å². The Morgan fingerprint density at radius 1 is 1.18 bits per heavy atom. The van der Waals surface area contributed by atoms with E-state index in [1.54, 1.807) is 0 Å². The molecule has 0 fully saturated rings. The molecule has 2 nitrogen and oxygen atoms in total. The Bertz CT molecular complexity index is 325. The molecule has 0 heterocycles. The Balaban J connectivity index is 2.67. The van der Waals surface area contributed by atoms with Crippen LogP contribution in [0.4, 0.5) is 0 Å². The average Bonchev–Trinajstić information content (AvgIpc) is 2.27. The number of rotatable bonds is 6. The highest BCUT2D eigenvalue weighted by atomic mass is 15.1. The molecule has 1 unspecified atom stereocenters. The van der Waals surface area contributed by atoms with E-state index >= 15 is 0 Å². The van der Waals surface area contributed by atoms with Gasteiger partial charge in [0, 0.05) is 6.04 Å². The quantitative estimate of drug-likeness (QED) is 0.813. The fourth-order valence-electron chi connectivity index (χ4n) is 2.18. The van der Waals surface area contributed by atoms with E-state index in [0.717, 1.165) is 13.0 Å². The number of aryl methyl sites for hydroxylation is 2. The highest BCUT2D eigenvalue weighted by Gasteiger charge is 2.10. The zero-order valence-electron chi connectivity index (χ0n) is 11.9. The number of hydrogen-bond acceptors (Lipinski definition) is 2. The second-order valence-corrected chi connectivity index (χ2v) is 5.15. The molecule has 1 rings (SSSR count). The molecule has 0 aliphatic rings. The fraction of sp³-hybridized carbons (Fsp3) is 0.600. The van der Waals surface area contributed by atoms with Crippen LogP contribution >= 0.6 is 0 Å². The summed E-state index contributed by atoms with van der Waals surface area (Å²) < 4.78 is 0. The molecular weight excluding hydrogens is 208 g/mol. The van der Waals surface area contributed by atoms with Crippen molar-refractivity contribution in [2.24, 2.45) is 0 Å². The summed E-state index contributed by atoms with van der Waals surface area (Å²) in [4.78, 5) is 2.25. The predicted molar refractivity (Wildman–Crippen MR) is 75.6 cm³/mol. The molecule has 2 heteroatoms. The van der Waals surface area contributed by atoms with Gasteiger partial charge in [-0.05, 0) is 71.1 Å². The third-order valence-electron chi connectivity index (χ3n) is 3.43. The van der Waals surface area contributed by atoms with Gasteiger partial charge in [-0.15, -0.1) is 0 Å². The molecule has 0 aliphatic carbocycles. The lowest BCUT2D eigenvalue weighted by molar-refractivity contribution is 0.364. The molecule has 96 valence electrons. The lowest BCUT2D eigenvalue weighted by atomic mass is 9.95. The molecule has 0 bridgehead atoms. The molecule has 1 aromatic carbocycles. The Kier molecular flexibility index (Phi) is 5.66. The van der Waals surface area contributed by atoms with E-state index in [1.165, 1.54) is 23.1 Å². The Morgan fingerprint density at radius 3 is 2.24 bits per heavy atom. The standard InChI is InChI=1S/C15H26N2/c1-12-7-6-8-13(2)15(12)11-14(16-3)9-10-17(4)5/h6-8,14,16H,9-11H2,1-5H3. The van der Waals surface area contributed by atoms with E-state index in [2.05, 4.69) is 63.4 Å². The van der Waals surface area contributed by atoms with Crippen LogP contribution in [0.5, 0.6) is 0 Å². The van der Waals surface area contributed by atoms with Crippen molar-refractivity contribution in [2.75, 3.05) is 27.7 Å². The summed E-state index contributed by atoms with van der Waals surface area (Å²) in [6.07, 6.45) is 2.32. The van der Waals surface area contributed by atoms with Gasteiger partial charge in [-0.3, -0.25) is 0 Å². The number of benzene rings is 1. The first kappa shape index (κ1) is 14.2. The molecular formula is C15H26N2. The van der Waals surface area contributed by atoms with Crippen LogP contribution in [0.1, 0.15) is 23.1 Å². The van der Waals surface area contributed by atoms with E-state index in [9.17, 15) is 0 Å². The van der Waals surface area contributed by atoms with Gasteiger partial charge in [-0.25, -0.2) is 0 Å². The molecule has 0 saturated heterocycles. The number of likely N-dealkylation sites (N-methyl/N-ethyl adjacent to an activating group) is 1. The van der Waals surface area contributed by atoms with Crippen LogP contribution in [0.2, 0.25) is 0 Å². The average molecular weight is 234 g/mol. The van der Waals surface area contributed by atoms with E-state index in [1.807, 2.05) is 0 Å². The topological polar surface area (TPSA) is 15.3 Å². The summed E-state index contributed by atoms with van der Waals surface area (Å²) in [5, 5.41) is 3.43. The van der Waals surface area contributed by atoms with Crippen LogP contribution in [0.3, 0.4) is 0 Å². The van der Waals surface area contributed by atoms with Gasteiger partial charge in [0.05, 0.1) is 0 Å². The summed E-state index contributed by atoms with van der Waals surface area (Å²) in [6.45, 7) is 5.55. The third-order valence-corrected chi connectivity index (χ3v) is 3.43. The first-order valence-corrected chi connectivity index (χ1v) is 6.41. The second-order valence-electron chi connectivity index (χ2n) is 5.15. The molecule has 1 aromatic rings. The predicted octanol–water partition coefficient (Wildman–Crippen LogP) is 2.39. The van der Waals surface area contributed by atoms with E-state index in [0.29, 0.717) is 6.04 Å². The van der Waals surface area contributed by atoms with Crippen molar-refractivity contribution < 1.29 is 0 Å². The van der Waals surface area contributed by atoms with Crippen LogP contribution in [0.15, 0.2) is 18.2 Å². The Hall–Kier alpha value is -0.860. The first-order valence-electron chi connectivity index (χ1n) is 6.41. The first-order chi connectivity index (χ1) is 8.04. The summed E-state index contributed by atoms with van der Waals surface area (Å²) in [5.74, 6) is 0. The summed E-state index contributed by atoms with van der Waals surface area (Å²) >= 11 is 0. The fourth-order valence-corrected chi connectivity index (χ4v) is 2.18. The monoisotopic (exact) mass is 234 g/mol. The summed E-state index contributed by atoms with van der Waals surface area (Å²) in [5.41, 5.74) is 4.33. The van der Waals surface area contributed by atoms with Gasteiger partial charge in [-0.1, -0.05) is 18.2 Å². The number of nitrogens with zero attached hydrogens (tertiary/aromatic N) is 1. The van der Waals surface area contributed by atoms with Crippen molar-refractivity contribution in [2.45, 2.75) is 32.7 Å². The molecule has 1 N–H and O–H groups in total. The van der Waals surface area contributed by atoms with Crippen LogP contribution < -0.4 is 5.32 Å². The minimum Gasteiger partial charge on any atom is -0.317 e. The second kappa shape index (κ2) is 6.77. The van der Waals surface area contributed by atoms with Crippen molar-refractivity contribution in [3.63, 3.8) is 0 Å². The zero-order valence-corrected chi connectivity index (χ0v) is 11.9. The van der Waals surface area contributed by atoms with Crippen molar-refractivity contribution in [3.05, 3.63) is 34.9 Å². The highest BCUT2D eigenvalue weighted by Crippen LogP contribution is 2.16. The molecule has 0 saturated carbocycles. The number of nitrogens with one attached hydrogen (secondary N) is 1. The summed E-state index contributed by atoms with van der Waals surface area (Å²) in [6, 6.07) is 7.13. The van der Waals surface area contributed by atoms with Crippen LogP contribution in [-0.2, 0) is 6.42 Å². The molecule has 0 amide bonds. The van der Waals surface area contributed by atoms with E-state index in [4.69, 9.17) is 0 Å². The maximum absolute atomic E-state index is 3.43. The summed E-state index contributed by atoms with van der Waals surface area (Å²) in [7, 11) is 6.32. The van der Waals surface area contributed by atoms with Crippen LogP contribution in [0.25, 0.3) is 0 Å². The minimum absolute atomic E-state index is 0.567. The lowest BCUT2D eigenvalue weighted by Gasteiger charge is -2.21. The highest BCUT2D eigenvalue weighted by molar-refractivity contribution is 5.34. The largest absolute Gasteiger partial charge is 0.317 e. The lowest BCUT2D eigenvalue weighted by Crippen LogP contribution is -2.31. The van der Waals surface area contributed by atoms with Crippen molar-refractivity contribution in [1.82, 2.24) is 10.2 Å². The van der Waals surface area contributed by atoms with Crippen molar-refractivity contribution >= 4 is 0 Å². The van der Waals surface area contributed by atoms with Crippen LogP contribution in [0, 0.1) is 13.8 Å². The zero-order chi connectivity index (χ0) is 12.8. The van der Waals surface area contributed by atoms with Gasteiger partial charge in [-0.2, -0.15) is 0 Å². The van der Waals surface area contributed by atoms with Gasteiger partial charge in [0.2, 0.25) is 0 Å². The Labute approximate surface area is 106 Å². The van der Waals surface area contributed by atoms with Crippen LogP contribution in [-0.4, -0.2) is 38.6 Å². The molecule has 1 atom stereocenters. The smallest absolute Gasteiger partial charge is 0.0117 e. The van der Waals surface area contributed by atoms with Gasteiger partial charge < -0.3 is 10.2 Å². The molecule has 0 spiro atoms. The molecule has 17 heavy (non-hydrogen) atoms. The third kappa shape index (κ3) is 4.49.